The van der Waals surface area contributed by atoms with Crippen LogP contribution in [0.3, 0.4) is 0 Å². The highest BCUT2D eigenvalue weighted by molar-refractivity contribution is 5.29. The first kappa shape index (κ1) is 53.3. The van der Waals surface area contributed by atoms with Crippen LogP contribution in [0.5, 0.6) is 0 Å². The van der Waals surface area contributed by atoms with Crippen molar-refractivity contribution in [3.63, 3.8) is 0 Å². The Balaban J connectivity index is 0. The molecule has 0 saturated heterocycles. The summed E-state index contributed by atoms with van der Waals surface area (Å²) in [6.07, 6.45) is -30.8. The van der Waals surface area contributed by atoms with Gasteiger partial charge in [0.15, 0.2) is 0 Å². The second-order valence-electron chi connectivity index (χ2n) is 9.36. The van der Waals surface area contributed by atoms with Crippen molar-refractivity contribution in [2.45, 2.75) is 95.8 Å². The van der Waals surface area contributed by atoms with E-state index in [9.17, 15) is 158 Å². The Hall–Kier alpha value is -2.78. The van der Waals surface area contributed by atoms with Crippen LogP contribution in [0.15, 0.2) is 12.2 Å². The average Bonchev–Trinajstić information content (AvgIpc) is 2.89. The molecule has 0 saturated carbocycles. The SMILES string of the molecule is C=C(C(F)(F)C(F)(F)C(F)(F)C(F)(F)F)C(F)(F)C(F)(F)C(F)(F)C(F)(F)F.FC(F)(F)C(F)(F)C(F)(F)C(F)(F)C(F)(F)C(F)(F)C(F)(F)C(F)(F)F. The van der Waals surface area contributed by atoms with Crippen LogP contribution in [0.25, 0.3) is 0 Å². The molecule has 0 amide bonds. The van der Waals surface area contributed by atoms with E-state index in [-0.39, 0.29) is 0 Å². The van der Waals surface area contributed by atoms with Gasteiger partial charge >= 0.3 is 95.8 Å². The van der Waals surface area contributed by atoms with E-state index in [2.05, 4.69) is 0 Å². The van der Waals surface area contributed by atoms with Gasteiger partial charge in [0, 0.05) is 0 Å². The molecule has 0 aliphatic rings. The maximum Gasteiger partial charge on any atom is 0.460 e. The molecule has 0 aromatic carbocycles. The molecule has 0 rings (SSSR count). The first-order valence-electron chi connectivity index (χ1n) is 10.9. The lowest BCUT2D eigenvalue weighted by Gasteiger charge is -2.41. The van der Waals surface area contributed by atoms with Crippen LogP contribution in [0, 0.1) is 0 Å². The Labute approximate surface area is 267 Å². The Morgan fingerprint density at radius 2 is 0.296 bits per heavy atom. The van der Waals surface area contributed by atoms with Crippen molar-refractivity contribution in [1.82, 2.24) is 0 Å². The largest absolute Gasteiger partial charge is 0.460 e. The summed E-state index contributed by atoms with van der Waals surface area (Å²) in [5.41, 5.74) is -4.75. The second-order valence-corrected chi connectivity index (χ2v) is 9.36. The minimum atomic E-state index is -8.72. The molecule has 0 N–H and O–H groups in total. The van der Waals surface area contributed by atoms with E-state index < -0.39 is 101 Å². The predicted octanol–water partition coefficient (Wildman–Crippen LogP) is 12.4. The molecule has 326 valence electrons. The molecule has 0 aromatic rings. The summed E-state index contributed by atoms with van der Waals surface area (Å²) in [5.74, 6) is -98.5. The van der Waals surface area contributed by atoms with Crippen LogP contribution < -0.4 is 0 Å². The fourth-order valence-electron chi connectivity index (χ4n) is 2.47. The number of hydrogen-bond donors (Lipinski definition) is 0. The van der Waals surface area contributed by atoms with Gasteiger partial charge < -0.3 is 0 Å². The zero-order valence-electron chi connectivity index (χ0n) is 22.8. The molecule has 0 nitrogen and oxygen atoms in total. The summed E-state index contributed by atoms with van der Waals surface area (Å²) in [5, 5.41) is 0. The van der Waals surface area contributed by atoms with Gasteiger partial charge in [0.1, 0.15) is 0 Å². The zero-order valence-corrected chi connectivity index (χ0v) is 22.8. The molecule has 0 heterocycles. The fourth-order valence-corrected chi connectivity index (χ4v) is 2.47. The Kier molecular flexibility index (Phi) is 13.0. The van der Waals surface area contributed by atoms with Crippen LogP contribution in [0.4, 0.5) is 158 Å². The first-order valence-corrected chi connectivity index (χ1v) is 10.9. The Morgan fingerprint density at radius 3 is 0.426 bits per heavy atom. The van der Waals surface area contributed by atoms with Crippen LogP contribution in [-0.4, -0.2) is 95.8 Å². The quantitative estimate of drug-likeness (QED) is 0.143. The normalized spacial score (nSPS) is 16.6. The summed E-state index contributed by atoms with van der Waals surface area (Å²) in [6, 6.07) is 0. The third-order valence-electron chi connectivity index (χ3n) is 5.73. The molecule has 54 heavy (non-hydrogen) atoms. The number of alkyl halides is 36. The summed E-state index contributed by atoms with van der Waals surface area (Å²) < 4.78 is 446. The lowest BCUT2D eigenvalue weighted by atomic mass is 9.88. The average molecular weight is 902 g/mol. The molecular weight excluding hydrogens is 900 g/mol. The van der Waals surface area contributed by atoms with Gasteiger partial charge in [-0.2, -0.15) is 158 Å². The third kappa shape index (κ3) is 7.18. The fraction of sp³-hybridized carbons (Fsp3) is 0.889. The van der Waals surface area contributed by atoms with Gasteiger partial charge in [0.25, 0.3) is 0 Å². The van der Waals surface area contributed by atoms with E-state index in [1.54, 1.807) is 0 Å². The molecule has 0 radical (unpaired) electrons. The van der Waals surface area contributed by atoms with Gasteiger partial charge in [-0.15, -0.1) is 0 Å². The molecule has 0 aromatic heterocycles. The van der Waals surface area contributed by atoms with Crippen LogP contribution in [0.1, 0.15) is 0 Å². The van der Waals surface area contributed by atoms with E-state index in [0.29, 0.717) is 0 Å². The molecular formula is C18H2F36. The van der Waals surface area contributed by atoms with Gasteiger partial charge in [0.2, 0.25) is 0 Å². The standard InChI is InChI=1S/C10H2F18.C8F18/c1-2(3(11,12)5(15,16)7(19,20)9(23,24)25)4(13,14)6(17,18)8(21,22)10(26,27)28;9-1(10,3(13,14)5(17,18)7(21,22)23)2(11,12)4(15,16)6(19,20)8(24,25)26/h1H2;. The van der Waals surface area contributed by atoms with Gasteiger partial charge in [-0.3, -0.25) is 0 Å². The maximum atomic E-state index is 13.2. The molecule has 0 spiro atoms. The van der Waals surface area contributed by atoms with Crippen molar-refractivity contribution in [2.24, 2.45) is 0 Å². The molecule has 36 heteroatoms. The number of allylic oxidation sites excluding steroid dienone is 1. The van der Waals surface area contributed by atoms with E-state index in [1.807, 2.05) is 0 Å². The van der Waals surface area contributed by atoms with Crippen molar-refractivity contribution in [2.75, 3.05) is 0 Å². The third-order valence-corrected chi connectivity index (χ3v) is 5.73. The topological polar surface area (TPSA) is 0 Å². The number of rotatable bonds is 11. The molecule has 0 unspecified atom stereocenters. The van der Waals surface area contributed by atoms with Crippen molar-refractivity contribution < 1.29 is 158 Å². The first-order chi connectivity index (χ1) is 22.4. The summed E-state index contributed by atoms with van der Waals surface area (Å²) in [7, 11) is 0. The lowest BCUT2D eigenvalue weighted by Crippen LogP contribution is -2.74. The minimum Gasteiger partial charge on any atom is -0.194 e. The van der Waals surface area contributed by atoms with Gasteiger partial charge in [-0.25, -0.2) is 0 Å². The molecule has 0 atom stereocenters. The highest BCUT2D eigenvalue weighted by atomic mass is 19.5. The van der Waals surface area contributed by atoms with Crippen LogP contribution in [-0.2, 0) is 0 Å². The van der Waals surface area contributed by atoms with E-state index in [4.69, 9.17) is 0 Å². The van der Waals surface area contributed by atoms with Crippen molar-refractivity contribution in [3.8, 4) is 0 Å². The summed E-state index contributed by atoms with van der Waals surface area (Å²) in [6.45, 7) is 0.960. The van der Waals surface area contributed by atoms with Gasteiger partial charge in [0.05, 0.1) is 5.57 Å². The molecule has 0 bridgehead atoms. The maximum absolute atomic E-state index is 13.2. The summed E-state index contributed by atoms with van der Waals surface area (Å²) in [4.78, 5) is 0. The van der Waals surface area contributed by atoms with Gasteiger partial charge in [-0.05, 0) is 0 Å². The van der Waals surface area contributed by atoms with Crippen molar-refractivity contribution in [3.05, 3.63) is 12.2 Å². The monoisotopic (exact) mass is 902 g/mol. The Bertz CT molecular complexity index is 1220. The van der Waals surface area contributed by atoms with E-state index in [1.165, 1.54) is 0 Å². The van der Waals surface area contributed by atoms with E-state index >= 15 is 0 Å². The van der Waals surface area contributed by atoms with Gasteiger partial charge in [-0.1, -0.05) is 6.58 Å². The van der Waals surface area contributed by atoms with Crippen molar-refractivity contribution in [1.29, 1.82) is 0 Å². The summed E-state index contributed by atoms with van der Waals surface area (Å²) >= 11 is 0. The lowest BCUT2D eigenvalue weighted by molar-refractivity contribution is -0.468. The smallest absolute Gasteiger partial charge is 0.194 e. The minimum absolute atomic E-state index is 0.960. The van der Waals surface area contributed by atoms with Crippen molar-refractivity contribution >= 4 is 0 Å². The van der Waals surface area contributed by atoms with Crippen LogP contribution in [0.2, 0.25) is 0 Å². The highest BCUT2D eigenvalue weighted by Gasteiger charge is 2.96. The highest BCUT2D eigenvalue weighted by Crippen LogP contribution is 2.65. The van der Waals surface area contributed by atoms with Crippen LogP contribution >= 0.6 is 0 Å². The Morgan fingerprint density at radius 1 is 0.185 bits per heavy atom. The molecule has 0 aliphatic heterocycles. The second kappa shape index (κ2) is 13.1. The number of halogens is 36. The molecule has 0 aliphatic carbocycles. The zero-order chi connectivity index (χ0) is 45.6. The molecule has 0 fully saturated rings. The van der Waals surface area contributed by atoms with E-state index in [0.717, 1.165) is 6.58 Å². The predicted molar refractivity (Wildman–Crippen MR) is 92.7 cm³/mol. The number of hydrogen-bond acceptors (Lipinski definition) is 0.